The van der Waals surface area contributed by atoms with Crippen molar-refractivity contribution in [2.45, 2.75) is 18.4 Å². The van der Waals surface area contributed by atoms with Crippen LogP contribution < -0.4 is 9.62 Å². The lowest BCUT2D eigenvalue weighted by atomic mass is 10.2. The molecule has 0 aliphatic rings. The van der Waals surface area contributed by atoms with Crippen molar-refractivity contribution in [3.63, 3.8) is 0 Å². The molecule has 0 saturated heterocycles. The predicted octanol–water partition coefficient (Wildman–Crippen LogP) is 3.74. The summed E-state index contributed by atoms with van der Waals surface area (Å²) in [6.07, 6.45) is 0. The average molecular weight is 439 g/mol. The quantitative estimate of drug-likeness (QED) is 0.425. The molecule has 0 aliphatic heterocycles. The first-order valence-electron chi connectivity index (χ1n) is 9.52. The van der Waals surface area contributed by atoms with E-state index < -0.39 is 14.9 Å². The van der Waals surface area contributed by atoms with Gasteiger partial charge in [0.05, 0.1) is 15.5 Å². The van der Waals surface area contributed by atoms with Crippen molar-refractivity contribution in [2.75, 3.05) is 10.8 Å². The van der Waals surface area contributed by atoms with E-state index in [0.29, 0.717) is 16.8 Å². The van der Waals surface area contributed by atoms with Crippen molar-refractivity contribution >= 4 is 27.3 Å². The van der Waals surface area contributed by atoms with Crippen molar-refractivity contribution < 1.29 is 18.1 Å². The highest BCUT2D eigenvalue weighted by molar-refractivity contribution is 7.92. The van der Waals surface area contributed by atoms with Gasteiger partial charge in [-0.3, -0.25) is 19.2 Å². The van der Waals surface area contributed by atoms with E-state index in [4.69, 9.17) is 0 Å². The number of hydrogen-bond donors (Lipinski definition) is 1. The molecule has 8 nitrogen and oxygen atoms in total. The maximum atomic E-state index is 13.0. The van der Waals surface area contributed by atoms with Crippen molar-refractivity contribution in [1.82, 2.24) is 5.32 Å². The number of rotatable bonds is 8. The Hall–Kier alpha value is -3.72. The predicted molar refractivity (Wildman–Crippen MR) is 117 cm³/mol. The van der Waals surface area contributed by atoms with Gasteiger partial charge < -0.3 is 5.32 Å². The molecular weight excluding hydrogens is 418 g/mol. The fraction of sp³-hybridized carbons (Fsp3) is 0.136. The van der Waals surface area contributed by atoms with Crippen LogP contribution in [0.5, 0.6) is 0 Å². The Bertz CT molecular complexity index is 1160. The van der Waals surface area contributed by atoms with Crippen LogP contribution in [0.25, 0.3) is 0 Å². The number of nitro benzene ring substituents is 1. The average Bonchev–Trinajstić information content (AvgIpc) is 2.79. The Morgan fingerprint density at radius 2 is 1.58 bits per heavy atom. The van der Waals surface area contributed by atoms with Crippen LogP contribution >= 0.6 is 0 Å². The minimum absolute atomic E-state index is 0.0245. The molecule has 1 amide bonds. The molecular formula is C22H21N3O5S. The number of anilines is 1. The minimum Gasteiger partial charge on any atom is -0.348 e. The Morgan fingerprint density at radius 3 is 2.13 bits per heavy atom. The lowest BCUT2D eigenvalue weighted by Gasteiger charge is -2.23. The van der Waals surface area contributed by atoms with E-state index in [0.717, 1.165) is 0 Å². The number of carbonyl (C=O) groups excluding carboxylic acids is 1. The third-order valence-corrected chi connectivity index (χ3v) is 6.55. The molecule has 0 heterocycles. The molecule has 1 N–H and O–H groups in total. The molecule has 0 bridgehead atoms. The lowest BCUT2D eigenvalue weighted by Crippen LogP contribution is -2.30. The Morgan fingerprint density at radius 1 is 0.968 bits per heavy atom. The summed E-state index contributed by atoms with van der Waals surface area (Å²) >= 11 is 0. The van der Waals surface area contributed by atoms with Crippen LogP contribution in [-0.4, -0.2) is 25.8 Å². The molecule has 3 rings (SSSR count). The van der Waals surface area contributed by atoms with Crippen LogP contribution in [-0.2, 0) is 16.6 Å². The number of non-ortho nitro benzene ring substituents is 1. The first kappa shape index (κ1) is 22.0. The summed E-state index contributed by atoms with van der Waals surface area (Å²) in [6.45, 7) is 2.21. The van der Waals surface area contributed by atoms with Gasteiger partial charge in [-0.1, -0.05) is 30.3 Å². The number of amides is 1. The van der Waals surface area contributed by atoms with Gasteiger partial charge in [-0.2, -0.15) is 0 Å². The largest absolute Gasteiger partial charge is 0.348 e. The summed E-state index contributed by atoms with van der Waals surface area (Å²) < 4.78 is 27.3. The summed E-state index contributed by atoms with van der Waals surface area (Å²) in [6, 6.07) is 20.4. The number of hydrogen-bond acceptors (Lipinski definition) is 5. The Balaban J connectivity index is 1.70. The number of benzene rings is 3. The molecule has 0 atom stereocenters. The van der Waals surface area contributed by atoms with Gasteiger partial charge in [-0.15, -0.1) is 0 Å². The van der Waals surface area contributed by atoms with Crippen molar-refractivity contribution in [3.8, 4) is 0 Å². The molecule has 160 valence electrons. The molecule has 0 radical (unpaired) electrons. The number of para-hydroxylation sites is 1. The second-order valence-corrected chi connectivity index (χ2v) is 8.50. The fourth-order valence-electron chi connectivity index (χ4n) is 3.01. The zero-order valence-electron chi connectivity index (χ0n) is 16.8. The molecule has 31 heavy (non-hydrogen) atoms. The van der Waals surface area contributed by atoms with Gasteiger partial charge in [0.25, 0.3) is 21.6 Å². The van der Waals surface area contributed by atoms with Crippen molar-refractivity contribution in [2.24, 2.45) is 0 Å². The molecule has 3 aromatic carbocycles. The van der Waals surface area contributed by atoms with E-state index in [1.807, 2.05) is 6.07 Å². The molecule has 0 aromatic heterocycles. The SMILES string of the molecule is CCN(c1ccccc1)S(=O)(=O)c1ccc(C(=O)NCc2ccc([N+](=O)[O-])cc2)cc1. The third-order valence-electron chi connectivity index (χ3n) is 4.64. The third kappa shape index (κ3) is 5.07. The molecule has 0 aliphatic carbocycles. The molecule has 0 spiro atoms. The van der Waals surface area contributed by atoms with Gasteiger partial charge in [-0.25, -0.2) is 8.42 Å². The summed E-state index contributed by atoms with van der Waals surface area (Å²) in [5, 5.41) is 13.4. The second kappa shape index (κ2) is 9.40. The number of nitrogens with zero attached hydrogens (tertiary/aromatic N) is 2. The van der Waals surface area contributed by atoms with Crippen LogP contribution in [0.4, 0.5) is 11.4 Å². The smallest absolute Gasteiger partial charge is 0.269 e. The zero-order chi connectivity index (χ0) is 22.4. The van der Waals surface area contributed by atoms with Crippen molar-refractivity contribution in [3.05, 3.63) is 100 Å². The highest BCUT2D eigenvalue weighted by Gasteiger charge is 2.23. The zero-order valence-corrected chi connectivity index (χ0v) is 17.6. The minimum atomic E-state index is -3.77. The first-order valence-corrected chi connectivity index (χ1v) is 11.0. The highest BCUT2D eigenvalue weighted by atomic mass is 32.2. The van der Waals surface area contributed by atoms with Gasteiger partial charge in [0, 0.05) is 30.8 Å². The van der Waals surface area contributed by atoms with E-state index in [2.05, 4.69) is 5.32 Å². The van der Waals surface area contributed by atoms with E-state index >= 15 is 0 Å². The first-order chi connectivity index (χ1) is 14.8. The van der Waals surface area contributed by atoms with Crippen LogP contribution in [0.1, 0.15) is 22.8 Å². The number of sulfonamides is 1. The number of nitro groups is 1. The molecule has 3 aromatic rings. The van der Waals surface area contributed by atoms with Crippen LogP contribution in [0, 0.1) is 10.1 Å². The maximum absolute atomic E-state index is 13.0. The normalized spacial score (nSPS) is 11.0. The number of nitrogens with one attached hydrogen (secondary N) is 1. The van der Waals surface area contributed by atoms with E-state index in [9.17, 15) is 23.3 Å². The van der Waals surface area contributed by atoms with Gasteiger partial charge in [-0.05, 0) is 48.9 Å². The summed E-state index contributed by atoms with van der Waals surface area (Å²) in [7, 11) is -3.77. The number of carbonyl (C=O) groups is 1. The summed E-state index contributed by atoms with van der Waals surface area (Å²) in [4.78, 5) is 22.7. The van der Waals surface area contributed by atoms with E-state index in [1.54, 1.807) is 43.3 Å². The lowest BCUT2D eigenvalue weighted by molar-refractivity contribution is -0.384. The molecule has 9 heteroatoms. The highest BCUT2D eigenvalue weighted by Crippen LogP contribution is 2.23. The van der Waals surface area contributed by atoms with Crippen LogP contribution in [0.15, 0.2) is 83.8 Å². The van der Waals surface area contributed by atoms with Gasteiger partial charge in [0.2, 0.25) is 0 Å². The summed E-state index contributed by atoms with van der Waals surface area (Å²) in [5.74, 6) is -0.377. The monoisotopic (exact) mass is 439 g/mol. The van der Waals surface area contributed by atoms with Crippen LogP contribution in [0.2, 0.25) is 0 Å². The van der Waals surface area contributed by atoms with Gasteiger partial charge in [0.1, 0.15) is 0 Å². The topological polar surface area (TPSA) is 110 Å². The Labute approximate surface area is 180 Å². The van der Waals surface area contributed by atoms with E-state index in [1.165, 1.54) is 40.7 Å². The Kier molecular flexibility index (Phi) is 6.66. The van der Waals surface area contributed by atoms with E-state index in [-0.39, 0.29) is 29.6 Å². The standard InChI is InChI=1S/C22H21N3O5S/c1-2-24(19-6-4-3-5-7-19)31(29,30)21-14-10-18(11-15-21)22(26)23-16-17-8-12-20(13-9-17)25(27)28/h3-15H,2,16H2,1H3,(H,23,26). The summed E-state index contributed by atoms with van der Waals surface area (Å²) in [5.41, 5.74) is 1.56. The fourth-order valence-corrected chi connectivity index (χ4v) is 4.48. The molecule has 0 saturated carbocycles. The van der Waals surface area contributed by atoms with Crippen molar-refractivity contribution in [1.29, 1.82) is 0 Å². The maximum Gasteiger partial charge on any atom is 0.269 e. The second-order valence-electron chi connectivity index (χ2n) is 6.64. The van der Waals surface area contributed by atoms with Gasteiger partial charge in [0.15, 0.2) is 0 Å². The molecule has 0 unspecified atom stereocenters. The molecule has 0 fully saturated rings. The van der Waals surface area contributed by atoms with Gasteiger partial charge >= 0.3 is 0 Å². The van der Waals surface area contributed by atoms with Crippen LogP contribution in [0.3, 0.4) is 0 Å².